The number of methoxy groups -OCH3 is 2. The Kier molecular flexibility index (Phi) is 4.93. The van der Waals surface area contributed by atoms with Gasteiger partial charge < -0.3 is 14.8 Å². The summed E-state index contributed by atoms with van der Waals surface area (Å²) in [5.41, 5.74) is 1.54. The van der Waals surface area contributed by atoms with Crippen molar-refractivity contribution in [2.24, 2.45) is 4.40 Å². The number of rotatable bonds is 4. The molecule has 0 saturated heterocycles. The number of benzene rings is 2. The molecular formula is C18H17ClN2O4S. The molecule has 2 aromatic rings. The summed E-state index contributed by atoms with van der Waals surface area (Å²) < 4.78 is 39.6. The van der Waals surface area contributed by atoms with Gasteiger partial charge in [-0.1, -0.05) is 23.7 Å². The minimum Gasteiger partial charge on any atom is -0.497 e. The van der Waals surface area contributed by atoms with E-state index in [-0.39, 0.29) is 10.7 Å². The Bertz CT molecular complexity index is 1030. The molecule has 1 aliphatic rings. The molecule has 1 heterocycles. The topological polar surface area (TPSA) is 77.0 Å². The molecule has 1 N–H and O–H groups in total. The molecule has 136 valence electrons. The highest BCUT2D eigenvalue weighted by Gasteiger charge is 2.31. The minimum atomic E-state index is -3.84. The van der Waals surface area contributed by atoms with Crippen molar-refractivity contribution in [3.8, 4) is 11.5 Å². The van der Waals surface area contributed by atoms with Crippen molar-refractivity contribution < 1.29 is 17.9 Å². The summed E-state index contributed by atoms with van der Waals surface area (Å²) in [6.07, 6.45) is 0. The first kappa shape index (κ1) is 18.3. The summed E-state index contributed by atoms with van der Waals surface area (Å²) >= 11 is 6.00. The molecule has 2 aromatic carbocycles. The number of hydrogen-bond acceptors (Lipinski definition) is 5. The van der Waals surface area contributed by atoms with Gasteiger partial charge in [0.25, 0.3) is 10.0 Å². The molecule has 0 unspecified atom stereocenters. The lowest BCUT2D eigenvalue weighted by Gasteiger charge is -2.12. The van der Waals surface area contributed by atoms with Gasteiger partial charge in [0, 0.05) is 16.7 Å². The second-order valence-electron chi connectivity index (χ2n) is 5.57. The first-order valence-corrected chi connectivity index (χ1v) is 9.48. The van der Waals surface area contributed by atoms with E-state index in [1.54, 1.807) is 56.5 Å². The number of sulfonamides is 1. The van der Waals surface area contributed by atoms with Gasteiger partial charge in [0.05, 0.1) is 19.9 Å². The van der Waals surface area contributed by atoms with Crippen LogP contribution in [0.5, 0.6) is 11.5 Å². The van der Waals surface area contributed by atoms with E-state index in [1.165, 1.54) is 7.11 Å². The largest absolute Gasteiger partial charge is 0.497 e. The van der Waals surface area contributed by atoms with E-state index in [4.69, 9.17) is 21.1 Å². The van der Waals surface area contributed by atoms with Crippen LogP contribution in [0.4, 0.5) is 5.69 Å². The van der Waals surface area contributed by atoms with Crippen LogP contribution in [0, 0.1) is 0 Å². The number of hydrogen-bond donors (Lipinski definition) is 1. The maximum Gasteiger partial charge on any atom is 0.285 e. The zero-order valence-electron chi connectivity index (χ0n) is 14.4. The molecule has 0 bridgehead atoms. The third-order valence-electron chi connectivity index (χ3n) is 3.91. The lowest BCUT2D eigenvalue weighted by atomic mass is 10.1. The van der Waals surface area contributed by atoms with Gasteiger partial charge in [-0.15, -0.1) is 4.40 Å². The predicted octanol–water partition coefficient (Wildman–Crippen LogP) is 3.94. The fraction of sp³-hybridized carbons (Fsp3) is 0.167. The van der Waals surface area contributed by atoms with E-state index in [2.05, 4.69) is 9.71 Å². The first-order valence-electron chi connectivity index (χ1n) is 7.67. The molecule has 0 aromatic heterocycles. The lowest BCUT2D eigenvalue weighted by molar-refractivity contribution is 0.405. The van der Waals surface area contributed by atoms with Gasteiger partial charge in [0.15, 0.2) is 0 Å². The summed E-state index contributed by atoms with van der Waals surface area (Å²) in [6.45, 7) is 1.69. The monoisotopic (exact) mass is 392 g/mol. The average Bonchev–Trinajstić information content (AvgIpc) is 2.83. The fourth-order valence-corrected chi connectivity index (χ4v) is 4.30. The maximum absolute atomic E-state index is 12.6. The van der Waals surface area contributed by atoms with Crippen molar-refractivity contribution in [3.05, 3.63) is 58.6 Å². The Balaban J connectivity index is 2.05. The van der Waals surface area contributed by atoms with Crippen molar-refractivity contribution in [1.29, 1.82) is 0 Å². The van der Waals surface area contributed by atoms with Crippen molar-refractivity contribution in [2.75, 3.05) is 19.5 Å². The van der Waals surface area contributed by atoms with E-state index < -0.39 is 10.0 Å². The van der Waals surface area contributed by atoms with Crippen LogP contribution >= 0.6 is 11.6 Å². The summed E-state index contributed by atoms with van der Waals surface area (Å²) in [5.74, 6) is 1.37. The van der Waals surface area contributed by atoms with E-state index in [9.17, 15) is 8.42 Å². The molecule has 6 nitrogen and oxygen atoms in total. The normalized spacial score (nSPS) is 15.6. The Morgan fingerprint density at radius 1 is 1.08 bits per heavy atom. The molecule has 0 spiro atoms. The van der Waals surface area contributed by atoms with Crippen LogP contribution < -0.4 is 14.8 Å². The van der Waals surface area contributed by atoms with Crippen molar-refractivity contribution in [3.63, 3.8) is 0 Å². The quantitative estimate of drug-likeness (QED) is 0.852. The lowest BCUT2D eigenvalue weighted by Crippen LogP contribution is -2.12. The van der Waals surface area contributed by atoms with Crippen LogP contribution in [0.15, 0.2) is 52.4 Å². The summed E-state index contributed by atoms with van der Waals surface area (Å²) in [7, 11) is -0.761. The average molecular weight is 393 g/mol. The molecular weight excluding hydrogens is 376 g/mol. The van der Waals surface area contributed by atoms with Crippen LogP contribution in [-0.2, 0) is 10.0 Å². The molecule has 0 saturated carbocycles. The smallest absolute Gasteiger partial charge is 0.285 e. The van der Waals surface area contributed by atoms with Crippen molar-refractivity contribution >= 4 is 38.1 Å². The maximum atomic E-state index is 12.6. The zero-order chi connectivity index (χ0) is 18.9. The number of nitrogens with zero attached hydrogens (tertiary/aromatic N) is 1. The van der Waals surface area contributed by atoms with Crippen LogP contribution in [0.1, 0.15) is 12.5 Å². The van der Waals surface area contributed by atoms with Crippen LogP contribution in [0.2, 0.25) is 5.02 Å². The summed E-state index contributed by atoms with van der Waals surface area (Å²) in [4.78, 5) is 0.129. The fourth-order valence-electron chi connectivity index (χ4n) is 2.69. The second kappa shape index (κ2) is 7.01. The van der Waals surface area contributed by atoms with Gasteiger partial charge in [-0.2, -0.15) is 8.42 Å². The molecule has 0 amide bonds. The Morgan fingerprint density at radius 2 is 1.85 bits per heavy atom. The van der Waals surface area contributed by atoms with Gasteiger partial charge >= 0.3 is 0 Å². The molecule has 0 fully saturated rings. The number of anilines is 1. The Labute approximate surface area is 157 Å². The van der Waals surface area contributed by atoms with E-state index in [1.807, 2.05) is 0 Å². The van der Waals surface area contributed by atoms with Gasteiger partial charge in [-0.3, -0.25) is 0 Å². The Hall–Kier alpha value is -2.51. The van der Waals surface area contributed by atoms with E-state index >= 15 is 0 Å². The predicted molar refractivity (Wildman–Crippen MR) is 104 cm³/mol. The molecule has 0 atom stereocenters. The van der Waals surface area contributed by atoms with Gasteiger partial charge in [0.2, 0.25) is 0 Å². The molecule has 0 aliphatic carbocycles. The summed E-state index contributed by atoms with van der Waals surface area (Å²) in [6, 6.07) is 11.8. The molecule has 26 heavy (non-hydrogen) atoms. The molecule has 1 aliphatic heterocycles. The second-order valence-corrected chi connectivity index (χ2v) is 7.55. The highest BCUT2D eigenvalue weighted by atomic mass is 35.5. The number of nitrogens with one attached hydrogen (secondary N) is 1. The minimum absolute atomic E-state index is 0.129. The molecule has 3 rings (SSSR count). The third kappa shape index (κ3) is 3.40. The third-order valence-corrected chi connectivity index (χ3v) is 5.63. The highest BCUT2D eigenvalue weighted by Crippen LogP contribution is 2.36. The van der Waals surface area contributed by atoms with E-state index in [0.29, 0.717) is 33.3 Å². The van der Waals surface area contributed by atoms with Gasteiger partial charge in [0.1, 0.15) is 22.2 Å². The standard InChI is InChI=1S/C18H17ClN2O4S/c1-11-17(12-5-4-6-13(19)9-12)26(22,23)21-18(11)20-15-10-14(24-2)7-8-16(15)25-3/h4-10H,1-3H3,(H,20,21). The summed E-state index contributed by atoms with van der Waals surface area (Å²) in [5, 5.41) is 3.48. The zero-order valence-corrected chi connectivity index (χ0v) is 16.0. The van der Waals surface area contributed by atoms with E-state index in [0.717, 1.165) is 0 Å². The van der Waals surface area contributed by atoms with Crippen molar-refractivity contribution in [1.82, 2.24) is 0 Å². The number of ether oxygens (including phenoxy) is 2. The number of amidine groups is 1. The first-order chi connectivity index (χ1) is 12.4. The number of halogens is 1. The van der Waals surface area contributed by atoms with Crippen LogP contribution in [-0.4, -0.2) is 28.5 Å². The van der Waals surface area contributed by atoms with Crippen molar-refractivity contribution in [2.45, 2.75) is 6.92 Å². The van der Waals surface area contributed by atoms with Crippen LogP contribution in [0.3, 0.4) is 0 Å². The Morgan fingerprint density at radius 3 is 2.50 bits per heavy atom. The van der Waals surface area contributed by atoms with Crippen LogP contribution in [0.25, 0.3) is 4.91 Å². The van der Waals surface area contributed by atoms with Gasteiger partial charge in [-0.05, 0) is 36.8 Å². The molecule has 0 radical (unpaired) electrons. The molecule has 8 heteroatoms. The van der Waals surface area contributed by atoms with Gasteiger partial charge in [-0.25, -0.2) is 0 Å². The SMILES string of the molecule is COc1ccc(OC)c(NC2=NS(=O)(=O)C(c3cccc(Cl)c3)=C2C)c1. The highest BCUT2D eigenvalue weighted by molar-refractivity contribution is 8.00.